The van der Waals surface area contributed by atoms with Gasteiger partial charge in [-0.3, -0.25) is 15.0 Å². The van der Waals surface area contributed by atoms with Crippen LogP contribution in [0, 0.1) is 0 Å². The molecule has 0 saturated carbocycles. The van der Waals surface area contributed by atoms with Crippen molar-refractivity contribution in [3.05, 3.63) is 89.5 Å². The summed E-state index contributed by atoms with van der Waals surface area (Å²) in [6.07, 6.45) is 2.64. The molecule has 1 N–H and O–H groups in total. The first-order valence-corrected chi connectivity index (χ1v) is 12.0. The van der Waals surface area contributed by atoms with Crippen LogP contribution in [0.4, 0.5) is 5.69 Å². The van der Waals surface area contributed by atoms with Crippen LogP contribution in [0.5, 0.6) is 17.2 Å². The van der Waals surface area contributed by atoms with Crippen LogP contribution in [-0.2, 0) is 9.59 Å². The van der Waals surface area contributed by atoms with Gasteiger partial charge in [0.1, 0.15) is 24.5 Å². The predicted molar refractivity (Wildman–Crippen MR) is 139 cm³/mol. The van der Waals surface area contributed by atoms with E-state index in [1.54, 1.807) is 55.7 Å². The Kier molecular flexibility index (Phi) is 7.90. The third-order valence-corrected chi connectivity index (χ3v) is 6.08. The first-order chi connectivity index (χ1) is 17.5. The molecule has 1 unspecified atom stereocenters. The van der Waals surface area contributed by atoms with Gasteiger partial charge in [0, 0.05) is 0 Å². The molecule has 186 valence electrons. The second-order valence-electron chi connectivity index (χ2n) is 8.46. The fourth-order valence-corrected chi connectivity index (χ4v) is 3.82. The van der Waals surface area contributed by atoms with Gasteiger partial charge in [0.2, 0.25) is 0 Å². The number of amides is 2. The number of para-hydroxylation sites is 1. The van der Waals surface area contributed by atoms with E-state index in [9.17, 15) is 9.59 Å². The van der Waals surface area contributed by atoms with E-state index in [1.165, 1.54) is 10.6 Å². The summed E-state index contributed by atoms with van der Waals surface area (Å²) in [6.45, 7) is 5.09. The molecule has 36 heavy (non-hydrogen) atoms. The summed E-state index contributed by atoms with van der Waals surface area (Å²) in [4.78, 5) is 25.2. The van der Waals surface area contributed by atoms with Gasteiger partial charge in [0.05, 0.1) is 12.8 Å². The van der Waals surface area contributed by atoms with Gasteiger partial charge in [-0.15, -0.1) is 0 Å². The Morgan fingerprint density at radius 3 is 2.33 bits per heavy atom. The number of nitrogens with one attached hydrogen (secondary N) is 1. The minimum Gasteiger partial charge on any atom is -0.493 e. The molecule has 7 nitrogen and oxygen atoms in total. The summed E-state index contributed by atoms with van der Waals surface area (Å²) in [5.41, 5.74) is 5.17. The molecule has 3 aromatic rings. The lowest BCUT2D eigenvalue weighted by Crippen LogP contribution is -2.35. The average Bonchev–Trinajstić information content (AvgIpc) is 3.20. The molecule has 0 aromatic heterocycles. The minimum atomic E-state index is -0.461. The number of hydrogen-bond donors (Lipinski definition) is 1. The first kappa shape index (κ1) is 24.9. The van der Waals surface area contributed by atoms with Gasteiger partial charge in [0.25, 0.3) is 11.8 Å². The van der Waals surface area contributed by atoms with Crippen LogP contribution in [-0.4, -0.2) is 32.1 Å². The molecule has 2 amide bonds. The Hall–Kier alpha value is -4.26. The normalized spacial score (nSPS) is 15.1. The quantitative estimate of drug-likeness (QED) is 0.244. The van der Waals surface area contributed by atoms with E-state index in [0.29, 0.717) is 41.9 Å². The summed E-state index contributed by atoms with van der Waals surface area (Å²) >= 11 is 0. The van der Waals surface area contributed by atoms with E-state index < -0.39 is 11.8 Å². The number of anilines is 1. The van der Waals surface area contributed by atoms with Crippen molar-refractivity contribution in [1.29, 1.82) is 0 Å². The van der Waals surface area contributed by atoms with Crippen molar-refractivity contribution in [3.63, 3.8) is 0 Å². The Morgan fingerprint density at radius 1 is 0.917 bits per heavy atom. The van der Waals surface area contributed by atoms with Gasteiger partial charge >= 0.3 is 0 Å². The molecular weight excluding hydrogens is 456 g/mol. The molecule has 0 bridgehead atoms. The van der Waals surface area contributed by atoms with Crippen LogP contribution in [0.15, 0.2) is 78.4 Å². The Bertz CT molecular complexity index is 1240. The molecule has 1 aliphatic heterocycles. The third kappa shape index (κ3) is 5.68. The fraction of sp³-hybridized carbons (Fsp3) is 0.241. The molecule has 4 rings (SSSR count). The number of hydrogen-bond acceptors (Lipinski definition) is 5. The predicted octanol–water partition coefficient (Wildman–Crippen LogP) is 5.13. The molecule has 0 radical (unpaired) electrons. The Labute approximate surface area is 211 Å². The SMILES string of the molecule is CCC(C)c1ccc(OCCOc2ccc(/C=C3\C(=O)NN(c4ccccc4)C3=O)cc2OC)cc1. The van der Waals surface area contributed by atoms with Crippen molar-refractivity contribution in [2.75, 3.05) is 25.3 Å². The van der Waals surface area contributed by atoms with Crippen LogP contribution in [0.3, 0.4) is 0 Å². The molecule has 1 aliphatic rings. The molecule has 1 saturated heterocycles. The fourth-order valence-electron chi connectivity index (χ4n) is 3.82. The number of carbonyl (C=O) groups is 2. The van der Waals surface area contributed by atoms with E-state index in [0.717, 1.165) is 12.2 Å². The van der Waals surface area contributed by atoms with Crippen molar-refractivity contribution < 1.29 is 23.8 Å². The second-order valence-corrected chi connectivity index (χ2v) is 8.46. The molecular formula is C29H30N2O5. The lowest BCUT2D eigenvalue weighted by Gasteiger charge is -2.14. The Morgan fingerprint density at radius 2 is 1.64 bits per heavy atom. The number of carbonyl (C=O) groups excluding carboxylic acids is 2. The summed E-state index contributed by atoms with van der Waals surface area (Å²) in [5, 5.41) is 1.24. The van der Waals surface area contributed by atoms with Crippen molar-refractivity contribution in [2.24, 2.45) is 0 Å². The van der Waals surface area contributed by atoms with Crippen molar-refractivity contribution in [1.82, 2.24) is 5.43 Å². The Balaban J connectivity index is 1.37. The summed E-state index contributed by atoms with van der Waals surface area (Å²) in [7, 11) is 1.54. The largest absolute Gasteiger partial charge is 0.493 e. The second kappa shape index (κ2) is 11.4. The van der Waals surface area contributed by atoms with Gasteiger partial charge in [-0.2, -0.15) is 0 Å². The van der Waals surface area contributed by atoms with Gasteiger partial charge in [-0.25, -0.2) is 5.01 Å². The number of rotatable bonds is 10. The highest BCUT2D eigenvalue weighted by Crippen LogP contribution is 2.30. The van der Waals surface area contributed by atoms with E-state index >= 15 is 0 Å². The van der Waals surface area contributed by atoms with Crippen molar-refractivity contribution in [3.8, 4) is 17.2 Å². The zero-order chi connectivity index (χ0) is 25.5. The number of benzene rings is 3. The zero-order valence-corrected chi connectivity index (χ0v) is 20.7. The molecule has 0 aliphatic carbocycles. The molecule has 1 heterocycles. The van der Waals surface area contributed by atoms with E-state index in [4.69, 9.17) is 14.2 Å². The van der Waals surface area contributed by atoms with Crippen molar-refractivity contribution >= 4 is 23.6 Å². The van der Waals surface area contributed by atoms with Gasteiger partial charge in [-0.05, 0) is 65.9 Å². The van der Waals surface area contributed by atoms with Gasteiger partial charge < -0.3 is 14.2 Å². The molecule has 0 spiro atoms. The molecule has 3 aromatic carbocycles. The highest BCUT2D eigenvalue weighted by atomic mass is 16.5. The standard InChI is InChI=1S/C29H30N2O5/c1-4-20(2)22-11-13-24(14-12-22)35-16-17-36-26-15-10-21(19-27(26)34-3)18-25-28(32)30-31(29(25)33)23-8-6-5-7-9-23/h5-15,18-20H,4,16-17H2,1-3H3,(H,30,32)/b25-18+. The molecule has 1 fully saturated rings. The number of nitrogens with zero attached hydrogens (tertiary/aromatic N) is 1. The van der Waals surface area contributed by atoms with Crippen LogP contribution >= 0.6 is 0 Å². The smallest absolute Gasteiger partial charge is 0.282 e. The molecule has 1 atom stereocenters. The van der Waals surface area contributed by atoms with Crippen LogP contribution < -0.4 is 24.6 Å². The van der Waals surface area contributed by atoms with Gasteiger partial charge in [-0.1, -0.05) is 50.2 Å². The van der Waals surface area contributed by atoms with Crippen LogP contribution in [0.2, 0.25) is 0 Å². The minimum absolute atomic E-state index is 0.0438. The monoisotopic (exact) mass is 486 g/mol. The highest BCUT2D eigenvalue weighted by molar-refractivity contribution is 6.31. The van der Waals surface area contributed by atoms with E-state index in [2.05, 4.69) is 31.4 Å². The number of hydrazine groups is 1. The van der Waals surface area contributed by atoms with E-state index in [1.807, 2.05) is 18.2 Å². The van der Waals surface area contributed by atoms with Crippen molar-refractivity contribution in [2.45, 2.75) is 26.2 Å². The van der Waals surface area contributed by atoms with Crippen LogP contribution in [0.25, 0.3) is 6.08 Å². The lowest BCUT2D eigenvalue weighted by molar-refractivity contribution is -0.117. The molecule has 7 heteroatoms. The van der Waals surface area contributed by atoms with Crippen LogP contribution in [0.1, 0.15) is 37.3 Å². The number of methoxy groups -OCH3 is 1. The third-order valence-electron chi connectivity index (χ3n) is 6.08. The summed E-state index contributed by atoms with van der Waals surface area (Å²) < 4.78 is 17.1. The highest BCUT2D eigenvalue weighted by Gasteiger charge is 2.34. The maximum absolute atomic E-state index is 12.8. The number of ether oxygens (including phenoxy) is 3. The zero-order valence-electron chi connectivity index (χ0n) is 20.7. The first-order valence-electron chi connectivity index (χ1n) is 12.0. The maximum atomic E-state index is 12.8. The maximum Gasteiger partial charge on any atom is 0.282 e. The van der Waals surface area contributed by atoms with Gasteiger partial charge in [0.15, 0.2) is 11.5 Å². The average molecular weight is 487 g/mol. The lowest BCUT2D eigenvalue weighted by atomic mass is 9.99. The summed E-state index contributed by atoms with van der Waals surface area (Å²) in [6, 6.07) is 22.3. The summed E-state index contributed by atoms with van der Waals surface area (Å²) in [5.74, 6) is 1.48. The van der Waals surface area contributed by atoms with E-state index in [-0.39, 0.29) is 5.57 Å². The topological polar surface area (TPSA) is 77.1 Å².